The lowest BCUT2D eigenvalue weighted by atomic mass is 9.86. The second kappa shape index (κ2) is 6.86. The van der Waals surface area contributed by atoms with Crippen LogP contribution >= 0.6 is 0 Å². The number of hydrogen-bond acceptors (Lipinski definition) is 2. The molecular formula is C18H26N4O. The molecule has 23 heavy (non-hydrogen) atoms. The Morgan fingerprint density at radius 2 is 1.91 bits per heavy atom. The average Bonchev–Trinajstić information content (AvgIpc) is 2.99. The third-order valence-electron chi connectivity index (χ3n) is 3.93. The Morgan fingerprint density at radius 3 is 2.43 bits per heavy atom. The predicted molar refractivity (Wildman–Crippen MR) is 92.1 cm³/mol. The van der Waals surface area contributed by atoms with Gasteiger partial charge in [0, 0.05) is 13.2 Å². The highest BCUT2D eigenvalue weighted by Gasteiger charge is 2.16. The van der Waals surface area contributed by atoms with Gasteiger partial charge in [0.25, 0.3) is 0 Å². The van der Waals surface area contributed by atoms with Crippen molar-refractivity contribution in [2.24, 2.45) is 0 Å². The molecule has 0 bridgehead atoms. The maximum atomic E-state index is 12.3. The van der Waals surface area contributed by atoms with Gasteiger partial charge in [0.1, 0.15) is 0 Å². The summed E-state index contributed by atoms with van der Waals surface area (Å²) in [4.78, 5) is 13.9. The first kappa shape index (κ1) is 17.1. The quantitative estimate of drug-likeness (QED) is 0.905. The van der Waals surface area contributed by atoms with E-state index in [9.17, 15) is 4.79 Å². The Balaban J connectivity index is 1.95. The first-order valence-electron chi connectivity index (χ1n) is 7.87. The number of nitrogens with one attached hydrogen (secondary N) is 2. The van der Waals surface area contributed by atoms with Gasteiger partial charge in [-0.05, 0) is 29.5 Å². The van der Waals surface area contributed by atoms with Crippen LogP contribution in [-0.4, -0.2) is 28.2 Å². The lowest BCUT2D eigenvalue weighted by Crippen LogP contribution is -2.38. The summed E-state index contributed by atoms with van der Waals surface area (Å²) in [6, 6.07) is 10.1. The molecule has 5 nitrogen and oxygen atoms in total. The standard InChI is InChI=1S/C18H26N4O/c1-13(14-6-8-15(9-7-14)18(2,3)4)20-17(23)22(5)12-16-10-11-19-21-16/h6-11,13H,12H2,1-5H3,(H,19,21)(H,20,23). The van der Waals surface area contributed by atoms with Gasteiger partial charge < -0.3 is 10.2 Å². The van der Waals surface area contributed by atoms with E-state index in [0.717, 1.165) is 11.3 Å². The van der Waals surface area contributed by atoms with Crippen molar-refractivity contribution in [3.63, 3.8) is 0 Å². The molecule has 5 heteroatoms. The number of nitrogens with zero attached hydrogens (tertiary/aromatic N) is 2. The monoisotopic (exact) mass is 314 g/mol. The normalized spacial score (nSPS) is 12.7. The Bertz CT molecular complexity index is 626. The fraction of sp³-hybridized carbons (Fsp3) is 0.444. The van der Waals surface area contributed by atoms with Gasteiger partial charge in [-0.3, -0.25) is 5.10 Å². The molecule has 0 spiro atoms. The van der Waals surface area contributed by atoms with Crippen LogP contribution in [0.5, 0.6) is 0 Å². The summed E-state index contributed by atoms with van der Waals surface area (Å²) in [5.74, 6) is 0. The van der Waals surface area contributed by atoms with Crippen LogP contribution in [-0.2, 0) is 12.0 Å². The zero-order chi connectivity index (χ0) is 17.0. The molecule has 0 saturated carbocycles. The molecule has 0 aliphatic carbocycles. The molecule has 2 rings (SSSR count). The molecule has 0 saturated heterocycles. The van der Waals surface area contributed by atoms with E-state index < -0.39 is 0 Å². The Labute approximate surface area is 138 Å². The number of carbonyl (C=O) groups is 1. The number of aromatic nitrogens is 2. The SMILES string of the molecule is CC(NC(=O)N(C)Cc1ccn[nH]1)c1ccc(C(C)(C)C)cc1. The van der Waals surface area contributed by atoms with Crippen LogP contribution in [0.25, 0.3) is 0 Å². The number of benzene rings is 1. The number of carbonyl (C=O) groups excluding carboxylic acids is 1. The van der Waals surface area contributed by atoms with E-state index in [2.05, 4.69) is 60.6 Å². The molecule has 1 unspecified atom stereocenters. The van der Waals surface area contributed by atoms with Crippen molar-refractivity contribution < 1.29 is 4.79 Å². The second-order valence-corrected chi connectivity index (χ2v) is 6.98. The highest BCUT2D eigenvalue weighted by Crippen LogP contribution is 2.23. The van der Waals surface area contributed by atoms with Gasteiger partial charge in [-0.2, -0.15) is 5.10 Å². The molecule has 2 aromatic rings. The molecule has 1 atom stereocenters. The molecule has 1 heterocycles. The molecular weight excluding hydrogens is 288 g/mol. The van der Waals surface area contributed by atoms with E-state index >= 15 is 0 Å². The number of hydrogen-bond donors (Lipinski definition) is 2. The minimum absolute atomic E-state index is 0.0410. The van der Waals surface area contributed by atoms with Gasteiger partial charge in [-0.25, -0.2) is 4.79 Å². The minimum Gasteiger partial charge on any atom is -0.331 e. The summed E-state index contributed by atoms with van der Waals surface area (Å²) in [6.45, 7) is 9.07. The van der Waals surface area contributed by atoms with E-state index in [1.54, 1.807) is 18.1 Å². The highest BCUT2D eigenvalue weighted by atomic mass is 16.2. The third-order valence-corrected chi connectivity index (χ3v) is 3.93. The predicted octanol–water partition coefficient (Wildman–Crippen LogP) is 3.61. The first-order valence-corrected chi connectivity index (χ1v) is 7.87. The van der Waals surface area contributed by atoms with Crippen molar-refractivity contribution in [1.29, 1.82) is 0 Å². The number of H-pyrrole nitrogens is 1. The summed E-state index contributed by atoms with van der Waals surface area (Å²) in [7, 11) is 1.77. The summed E-state index contributed by atoms with van der Waals surface area (Å²) >= 11 is 0. The smallest absolute Gasteiger partial charge is 0.317 e. The van der Waals surface area contributed by atoms with Crippen molar-refractivity contribution in [3.8, 4) is 0 Å². The van der Waals surface area contributed by atoms with Crippen LogP contribution < -0.4 is 5.32 Å². The zero-order valence-corrected chi connectivity index (χ0v) is 14.6. The number of aromatic amines is 1. The van der Waals surface area contributed by atoms with Crippen molar-refractivity contribution in [2.75, 3.05) is 7.05 Å². The van der Waals surface area contributed by atoms with Gasteiger partial charge in [0.2, 0.25) is 0 Å². The van der Waals surface area contributed by atoms with Crippen molar-refractivity contribution >= 4 is 6.03 Å². The van der Waals surface area contributed by atoms with Crippen molar-refractivity contribution in [1.82, 2.24) is 20.4 Å². The number of urea groups is 1. The fourth-order valence-corrected chi connectivity index (χ4v) is 2.35. The van der Waals surface area contributed by atoms with Crippen LogP contribution in [0.2, 0.25) is 0 Å². The lowest BCUT2D eigenvalue weighted by molar-refractivity contribution is 0.203. The van der Waals surface area contributed by atoms with Crippen LogP contribution in [0.1, 0.15) is 50.6 Å². The summed E-state index contributed by atoms with van der Waals surface area (Å²) in [6.07, 6.45) is 1.68. The Hall–Kier alpha value is -2.30. The van der Waals surface area contributed by atoms with E-state index in [1.165, 1.54) is 5.56 Å². The molecule has 1 aromatic carbocycles. The maximum Gasteiger partial charge on any atom is 0.317 e. The van der Waals surface area contributed by atoms with Gasteiger partial charge in [0.15, 0.2) is 0 Å². The van der Waals surface area contributed by atoms with Crippen LogP contribution in [0, 0.1) is 0 Å². The second-order valence-electron chi connectivity index (χ2n) is 6.98. The Kier molecular flexibility index (Phi) is 5.08. The van der Waals surface area contributed by atoms with E-state index in [-0.39, 0.29) is 17.5 Å². The lowest BCUT2D eigenvalue weighted by Gasteiger charge is -2.23. The molecule has 2 N–H and O–H groups in total. The van der Waals surface area contributed by atoms with E-state index in [0.29, 0.717) is 6.54 Å². The fourth-order valence-electron chi connectivity index (χ4n) is 2.35. The zero-order valence-electron chi connectivity index (χ0n) is 14.6. The molecule has 0 fully saturated rings. The van der Waals surface area contributed by atoms with Crippen LogP contribution in [0.4, 0.5) is 4.79 Å². The van der Waals surface area contributed by atoms with Crippen LogP contribution in [0.3, 0.4) is 0 Å². The van der Waals surface area contributed by atoms with Gasteiger partial charge >= 0.3 is 6.03 Å². The minimum atomic E-state index is -0.105. The maximum absolute atomic E-state index is 12.3. The molecule has 124 valence electrons. The average molecular weight is 314 g/mol. The molecule has 0 aliphatic heterocycles. The molecule has 1 aromatic heterocycles. The van der Waals surface area contributed by atoms with Crippen molar-refractivity contribution in [2.45, 2.75) is 45.7 Å². The summed E-state index contributed by atoms with van der Waals surface area (Å²) in [5.41, 5.74) is 3.43. The van der Waals surface area contributed by atoms with E-state index in [4.69, 9.17) is 0 Å². The third kappa shape index (κ3) is 4.58. The molecule has 0 aliphatic rings. The first-order chi connectivity index (χ1) is 10.8. The number of amides is 2. The van der Waals surface area contributed by atoms with Gasteiger partial charge in [-0.15, -0.1) is 0 Å². The summed E-state index contributed by atoms with van der Waals surface area (Å²) in [5, 5.41) is 9.76. The van der Waals surface area contributed by atoms with E-state index in [1.807, 2.05) is 13.0 Å². The van der Waals surface area contributed by atoms with Crippen molar-refractivity contribution in [3.05, 3.63) is 53.3 Å². The highest BCUT2D eigenvalue weighted by molar-refractivity contribution is 5.74. The largest absolute Gasteiger partial charge is 0.331 e. The summed E-state index contributed by atoms with van der Waals surface area (Å²) < 4.78 is 0. The van der Waals surface area contributed by atoms with Gasteiger partial charge in [0.05, 0.1) is 18.3 Å². The van der Waals surface area contributed by atoms with Crippen LogP contribution in [0.15, 0.2) is 36.5 Å². The topological polar surface area (TPSA) is 61.0 Å². The number of rotatable bonds is 4. The molecule has 0 radical (unpaired) electrons. The molecule has 2 amide bonds. The Morgan fingerprint density at radius 1 is 1.26 bits per heavy atom. The van der Waals surface area contributed by atoms with Gasteiger partial charge in [-0.1, -0.05) is 45.0 Å².